The summed E-state index contributed by atoms with van der Waals surface area (Å²) >= 11 is 0. The highest BCUT2D eigenvalue weighted by Gasteiger charge is 2.11. The number of carbonyl (C=O) groups is 1. The van der Waals surface area contributed by atoms with Crippen LogP contribution in [0.5, 0.6) is 5.75 Å². The van der Waals surface area contributed by atoms with Crippen LogP contribution >= 0.6 is 0 Å². The Morgan fingerprint density at radius 3 is 2.38 bits per heavy atom. The van der Waals surface area contributed by atoms with Crippen molar-refractivity contribution in [1.82, 2.24) is 0 Å². The summed E-state index contributed by atoms with van der Waals surface area (Å²) in [6, 6.07) is 16.1. The topological polar surface area (TPSA) is 41.6 Å². The van der Waals surface area contributed by atoms with Gasteiger partial charge in [-0.1, -0.05) is 17.7 Å². The quantitative estimate of drug-likeness (QED) is 0.729. The van der Waals surface area contributed by atoms with Gasteiger partial charge in [0.25, 0.3) is 0 Å². The summed E-state index contributed by atoms with van der Waals surface area (Å²) < 4.78 is 5.66. The lowest BCUT2D eigenvalue weighted by Crippen LogP contribution is -2.29. The van der Waals surface area contributed by atoms with E-state index in [0.29, 0.717) is 19.4 Å². The first kappa shape index (κ1) is 18.3. The van der Waals surface area contributed by atoms with Crippen molar-refractivity contribution >= 4 is 17.3 Å². The van der Waals surface area contributed by atoms with Crippen molar-refractivity contribution in [2.45, 2.75) is 39.0 Å². The molecule has 1 aliphatic heterocycles. The van der Waals surface area contributed by atoms with Crippen molar-refractivity contribution in [1.29, 1.82) is 0 Å². The first-order valence-electron chi connectivity index (χ1n) is 9.55. The average Bonchev–Trinajstić information content (AvgIpc) is 2.68. The molecule has 0 atom stereocenters. The fourth-order valence-corrected chi connectivity index (χ4v) is 3.19. The van der Waals surface area contributed by atoms with E-state index in [1.165, 1.54) is 30.5 Å². The summed E-state index contributed by atoms with van der Waals surface area (Å²) in [6.45, 7) is 4.86. The molecule has 0 saturated carbocycles. The highest BCUT2D eigenvalue weighted by molar-refractivity contribution is 5.90. The molecule has 1 heterocycles. The van der Waals surface area contributed by atoms with Crippen molar-refractivity contribution in [3.63, 3.8) is 0 Å². The summed E-state index contributed by atoms with van der Waals surface area (Å²) in [7, 11) is 0. The van der Waals surface area contributed by atoms with Gasteiger partial charge in [-0.15, -0.1) is 0 Å². The highest BCUT2D eigenvalue weighted by atomic mass is 16.5. The van der Waals surface area contributed by atoms with Crippen molar-refractivity contribution in [2.75, 3.05) is 29.9 Å². The van der Waals surface area contributed by atoms with Crippen LogP contribution in [0.3, 0.4) is 0 Å². The lowest BCUT2D eigenvalue weighted by Gasteiger charge is -2.28. The van der Waals surface area contributed by atoms with Crippen molar-refractivity contribution in [3.8, 4) is 5.75 Å². The maximum atomic E-state index is 12.1. The number of nitrogens with one attached hydrogen (secondary N) is 1. The van der Waals surface area contributed by atoms with E-state index in [9.17, 15) is 4.79 Å². The fourth-order valence-electron chi connectivity index (χ4n) is 3.19. The Kier molecular flexibility index (Phi) is 6.53. The Hall–Kier alpha value is -2.49. The van der Waals surface area contributed by atoms with E-state index >= 15 is 0 Å². The molecule has 0 unspecified atom stereocenters. The molecule has 4 heteroatoms. The van der Waals surface area contributed by atoms with Crippen molar-refractivity contribution < 1.29 is 9.53 Å². The average molecular weight is 352 g/mol. The molecule has 1 amide bonds. The zero-order valence-electron chi connectivity index (χ0n) is 15.5. The molecule has 1 fully saturated rings. The second-order valence-electron chi connectivity index (χ2n) is 6.91. The minimum absolute atomic E-state index is 0.0308. The molecule has 0 bridgehead atoms. The zero-order chi connectivity index (χ0) is 18.2. The first-order valence-corrected chi connectivity index (χ1v) is 9.55. The number of hydrogen-bond acceptors (Lipinski definition) is 3. The molecule has 1 N–H and O–H groups in total. The number of rotatable bonds is 7. The van der Waals surface area contributed by atoms with E-state index in [1.54, 1.807) is 0 Å². The molecule has 0 aromatic heterocycles. The number of benzene rings is 2. The second-order valence-corrected chi connectivity index (χ2v) is 6.91. The number of carbonyl (C=O) groups excluding carboxylic acids is 1. The van der Waals surface area contributed by atoms with Crippen LogP contribution in [-0.4, -0.2) is 25.6 Å². The molecule has 4 nitrogen and oxygen atoms in total. The normalized spacial score (nSPS) is 14.1. The first-order chi connectivity index (χ1) is 12.7. The third-order valence-electron chi connectivity index (χ3n) is 4.71. The number of ether oxygens (including phenoxy) is 1. The number of anilines is 2. The number of nitrogens with zero attached hydrogens (tertiary/aromatic N) is 1. The van der Waals surface area contributed by atoms with Crippen molar-refractivity contribution in [2.24, 2.45) is 0 Å². The summed E-state index contributed by atoms with van der Waals surface area (Å²) in [4.78, 5) is 14.5. The van der Waals surface area contributed by atoms with Gasteiger partial charge in [0.1, 0.15) is 5.75 Å². The maximum absolute atomic E-state index is 12.1. The van der Waals surface area contributed by atoms with Gasteiger partial charge in [-0.25, -0.2) is 0 Å². The lowest BCUT2D eigenvalue weighted by atomic mass is 10.1. The Morgan fingerprint density at radius 2 is 1.69 bits per heavy atom. The molecule has 0 radical (unpaired) electrons. The highest BCUT2D eigenvalue weighted by Crippen LogP contribution is 2.22. The molecule has 0 spiro atoms. The number of piperidine rings is 1. The molecular weight excluding hydrogens is 324 g/mol. The van der Waals surface area contributed by atoms with Gasteiger partial charge >= 0.3 is 0 Å². The summed E-state index contributed by atoms with van der Waals surface area (Å²) in [5, 5.41) is 2.97. The van der Waals surface area contributed by atoms with Crippen LogP contribution in [0.15, 0.2) is 48.5 Å². The van der Waals surface area contributed by atoms with Crippen LogP contribution in [0.1, 0.15) is 37.7 Å². The van der Waals surface area contributed by atoms with Gasteiger partial charge in [0.15, 0.2) is 0 Å². The van der Waals surface area contributed by atoms with E-state index in [2.05, 4.69) is 22.3 Å². The minimum atomic E-state index is 0.0308. The van der Waals surface area contributed by atoms with E-state index < -0.39 is 0 Å². The molecule has 0 aliphatic carbocycles. The van der Waals surface area contributed by atoms with Crippen LogP contribution in [-0.2, 0) is 4.79 Å². The Labute approximate surface area is 156 Å². The molecule has 3 rings (SSSR count). The van der Waals surface area contributed by atoms with Gasteiger partial charge in [-0.3, -0.25) is 4.79 Å². The predicted molar refractivity (Wildman–Crippen MR) is 107 cm³/mol. The molecular formula is C22H28N2O2. The van der Waals surface area contributed by atoms with Gasteiger partial charge in [0, 0.05) is 30.9 Å². The maximum Gasteiger partial charge on any atom is 0.224 e. The standard InChI is InChI=1S/C22H28N2O2/c1-18-7-13-21(14-8-18)26-17-5-6-22(25)23-19-9-11-20(12-10-19)24-15-3-2-4-16-24/h7-14H,2-6,15-17H2,1H3,(H,23,25). The monoisotopic (exact) mass is 352 g/mol. The van der Waals surface area contributed by atoms with E-state index in [0.717, 1.165) is 24.5 Å². The van der Waals surface area contributed by atoms with E-state index in [-0.39, 0.29) is 5.91 Å². The molecule has 1 saturated heterocycles. The lowest BCUT2D eigenvalue weighted by molar-refractivity contribution is -0.116. The third-order valence-corrected chi connectivity index (χ3v) is 4.71. The zero-order valence-corrected chi connectivity index (χ0v) is 15.5. The summed E-state index contributed by atoms with van der Waals surface area (Å²) in [6.07, 6.45) is 5.02. The third kappa shape index (κ3) is 5.51. The Morgan fingerprint density at radius 1 is 1.00 bits per heavy atom. The molecule has 1 aliphatic rings. The summed E-state index contributed by atoms with van der Waals surface area (Å²) in [5.41, 5.74) is 3.31. The van der Waals surface area contributed by atoms with Gasteiger partial charge in [0.05, 0.1) is 6.61 Å². The number of hydrogen-bond donors (Lipinski definition) is 1. The van der Waals surface area contributed by atoms with Crippen LogP contribution in [0.25, 0.3) is 0 Å². The van der Waals surface area contributed by atoms with Crippen LogP contribution in [0.2, 0.25) is 0 Å². The van der Waals surface area contributed by atoms with Crippen LogP contribution in [0.4, 0.5) is 11.4 Å². The van der Waals surface area contributed by atoms with E-state index in [1.807, 2.05) is 43.3 Å². The largest absolute Gasteiger partial charge is 0.494 e. The van der Waals surface area contributed by atoms with Gasteiger partial charge in [0.2, 0.25) is 5.91 Å². The van der Waals surface area contributed by atoms with Gasteiger partial charge in [-0.2, -0.15) is 0 Å². The fraction of sp³-hybridized carbons (Fsp3) is 0.409. The summed E-state index contributed by atoms with van der Waals surface area (Å²) in [5.74, 6) is 0.882. The number of aryl methyl sites for hydroxylation is 1. The van der Waals surface area contributed by atoms with Crippen LogP contribution < -0.4 is 15.0 Å². The minimum Gasteiger partial charge on any atom is -0.494 e. The van der Waals surface area contributed by atoms with Crippen LogP contribution in [0, 0.1) is 6.92 Å². The van der Waals surface area contributed by atoms with Crippen molar-refractivity contribution in [3.05, 3.63) is 54.1 Å². The van der Waals surface area contributed by atoms with E-state index in [4.69, 9.17) is 4.74 Å². The number of amides is 1. The molecule has 2 aromatic carbocycles. The Balaban J connectivity index is 1.38. The molecule has 26 heavy (non-hydrogen) atoms. The molecule has 138 valence electrons. The second kappa shape index (κ2) is 9.27. The van der Waals surface area contributed by atoms with Gasteiger partial charge < -0.3 is 15.0 Å². The molecule has 2 aromatic rings. The SMILES string of the molecule is Cc1ccc(OCCCC(=O)Nc2ccc(N3CCCCC3)cc2)cc1. The predicted octanol–water partition coefficient (Wildman–Crippen LogP) is 4.78. The van der Waals surface area contributed by atoms with Gasteiger partial charge in [-0.05, 0) is 69.0 Å². The smallest absolute Gasteiger partial charge is 0.224 e. The Bertz CT molecular complexity index is 689.